The van der Waals surface area contributed by atoms with Gasteiger partial charge >= 0.3 is 5.97 Å². The Morgan fingerprint density at radius 2 is 2.14 bits per heavy atom. The van der Waals surface area contributed by atoms with Gasteiger partial charge in [-0.3, -0.25) is 0 Å². The maximum Gasteiger partial charge on any atom is 0.337 e. The van der Waals surface area contributed by atoms with E-state index in [-0.39, 0.29) is 5.56 Å². The Labute approximate surface area is 121 Å². The highest BCUT2D eigenvalue weighted by molar-refractivity contribution is 5.87. The first-order chi connectivity index (χ1) is 10.2. The summed E-state index contributed by atoms with van der Waals surface area (Å²) in [5.41, 5.74) is 2.95. The summed E-state index contributed by atoms with van der Waals surface area (Å²) in [6.07, 6.45) is 4.09. The molecule has 2 heterocycles. The second-order valence-electron chi connectivity index (χ2n) is 4.75. The molecule has 2 aromatic heterocycles. The molecule has 3 aromatic rings. The topological polar surface area (TPSA) is 63.8 Å². The minimum Gasteiger partial charge on any atom is -0.497 e. The Kier molecular flexibility index (Phi) is 3.31. The van der Waals surface area contributed by atoms with Crippen LogP contribution in [0.15, 0.2) is 48.8 Å². The van der Waals surface area contributed by atoms with Crippen molar-refractivity contribution in [3.05, 3.63) is 65.6 Å². The Balaban J connectivity index is 1.92. The molecule has 0 unspecified atom stereocenters. The van der Waals surface area contributed by atoms with E-state index in [2.05, 4.69) is 4.98 Å². The minimum absolute atomic E-state index is 0.243. The largest absolute Gasteiger partial charge is 0.497 e. The molecule has 0 atom stereocenters. The van der Waals surface area contributed by atoms with E-state index in [0.29, 0.717) is 6.42 Å². The van der Waals surface area contributed by atoms with Crippen molar-refractivity contribution >= 4 is 11.6 Å². The molecule has 0 amide bonds. The van der Waals surface area contributed by atoms with Crippen LogP contribution in [0, 0.1) is 0 Å². The third-order valence-electron chi connectivity index (χ3n) is 3.27. The smallest absolute Gasteiger partial charge is 0.337 e. The maximum atomic E-state index is 11.0. The van der Waals surface area contributed by atoms with Crippen molar-refractivity contribution in [1.29, 1.82) is 0 Å². The van der Waals surface area contributed by atoms with Gasteiger partial charge in [-0.2, -0.15) is 0 Å². The van der Waals surface area contributed by atoms with Crippen LogP contribution in [0.3, 0.4) is 0 Å². The lowest BCUT2D eigenvalue weighted by Crippen LogP contribution is -1.97. The predicted molar refractivity (Wildman–Crippen MR) is 78.0 cm³/mol. The predicted octanol–water partition coefficient (Wildman–Crippen LogP) is 2.63. The molecule has 3 rings (SSSR count). The van der Waals surface area contributed by atoms with Gasteiger partial charge in [-0.1, -0.05) is 12.1 Å². The standard InChI is InChI=1S/C16H14N2O3/c1-21-14-4-2-3-11(8-14)7-13-10-18-9-12(16(19)20)5-6-15(18)17-13/h2-6,8-10H,7H2,1H3,(H,19,20). The van der Waals surface area contributed by atoms with Crippen LogP contribution < -0.4 is 4.74 Å². The van der Waals surface area contributed by atoms with E-state index in [1.807, 2.05) is 30.5 Å². The monoisotopic (exact) mass is 282 g/mol. The summed E-state index contributed by atoms with van der Waals surface area (Å²) < 4.78 is 6.94. The maximum absolute atomic E-state index is 11.0. The highest BCUT2D eigenvalue weighted by Crippen LogP contribution is 2.16. The lowest BCUT2D eigenvalue weighted by atomic mass is 10.1. The molecular formula is C16H14N2O3. The Morgan fingerprint density at radius 1 is 1.29 bits per heavy atom. The van der Waals surface area contributed by atoms with Crippen LogP contribution in [-0.4, -0.2) is 27.6 Å². The van der Waals surface area contributed by atoms with Crippen molar-refractivity contribution in [3.63, 3.8) is 0 Å². The van der Waals surface area contributed by atoms with E-state index in [0.717, 1.165) is 22.7 Å². The second-order valence-corrected chi connectivity index (χ2v) is 4.75. The van der Waals surface area contributed by atoms with E-state index < -0.39 is 5.97 Å². The van der Waals surface area contributed by atoms with Crippen molar-refractivity contribution in [3.8, 4) is 5.75 Å². The lowest BCUT2D eigenvalue weighted by Gasteiger charge is -2.02. The van der Waals surface area contributed by atoms with Crippen molar-refractivity contribution in [1.82, 2.24) is 9.38 Å². The highest BCUT2D eigenvalue weighted by Gasteiger charge is 2.07. The molecule has 0 radical (unpaired) electrons. The summed E-state index contributed by atoms with van der Waals surface area (Å²) in [4.78, 5) is 15.5. The number of hydrogen-bond donors (Lipinski definition) is 1. The summed E-state index contributed by atoms with van der Waals surface area (Å²) in [5, 5.41) is 9.00. The van der Waals surface area contributed by atoms with E-state index in [4.69, 9.17) is 9.84 Å². The fraction of sp³-hybridized carbons (Fsp3) is 0.125. The quantitative estimate of drug-likeness (QED) is 0.799. The van der Waals surface area contributed by atoms with Crippen LogP contribution in [0.25, 0.3) is 5.65 Å². The number of benzene rings is 1. The number of carboxylic acid groups (broad SMARTS) is 1. The van der Waals surface area contributed by atoms with Gasteiger partial charge in [0.2, 0.25) is 0 Å². The molecule has 1 aromatic carbocycles. The van der Waals surface area contributed by atoms with Crippen LogP contribution in [0.2, 0.25) is 0 Å². The van der Waals surface area contributed by atoms with Gasteiger partial charge in [-0.05, 0) is 29.8 Å². The Bertz CT molecular complexity index is 808. The average molecular weight is 282 g/mol. The van der Waals surface area contributed by atoms with Crippen LogP contribution in [0.1, 0.15) is 21.6 Å². The molecule has 0 aliphatic rings. The summed E-state index contributed by atoms with van der Waals surface area (Å²) in [6, 6.07) is 11.1. The third-order valence-corrected chi connectivity index (χ3v) is 3.27. The van der Waals surface area contributed by atoms with Crippen molar-refractivity contribution < 1.29 is 14.6 Å². The number of rotatable bonds is 4. The Morgan fingerprint density at radius 3 is 2.90 bits per heavy atom. The van der Waals surface area contributed by atoms with Crippen molar-refractivity contribution in [2.75, 3.05) is 7.11 Å². The number of methoxy groups -OCH3 is 1. The van der Waals surface area contributed by atoms with Gasteiger partial charge in [-0.25, -0.2) is 9.78 Å². The first-order valence-electron chi connectivity index (χ1n) is 6.49. The van der Waals surface area contributed by atoms with E-state index in [1.165, 1.54) is 0 Å². The number of nitrogens with zero attached hydrogens (tertiary/aromatic N) is 2. The first-order valence-corrected chi connectivity index (χ1v) is 6.49. The fourth-order valence-corrected chi connectivity index (χ4v) is 2.25. The Hall–Kier alpha value is -2.82. The molecule has 106 valence electrons. The summed E-state index contributed by atoms with van der Waals surface area (Å²) in [5.74, 6) is -0.135. The van der Waals surface area contributed by atoms with E-state index in [1.54, 1.807) is 29.8 Å². The van der Waals surface area contributed by atoms with Gasteiger partial charge in [0.25, 0.3) is 0 Å². The van der Waals surface area contributed by atoms with Crippen LogP contribution >= 0.6 is 0 Å². The normalized spacial score (nSPS) is 10.7. The molecule has 21 heavy (non-hydrogen) atoms. The molecule has 0 aliphatic heterocycles. The molecule has 0 fully saturated rings. The molecule has 1 N–H and O–H groups in total. The van der Waals surface area contributed by atoms with Crippen LogP contribution in [-0.2, 0) is 6.42 Å². The molecule has 0 aliphatic carbocycles. The fourth-order valence-electron chi connectivity index (χ4n) is 2.25. The number of aromatic carboxylic acids is 1. The molecule has 0 saturated carbocycles. The summed E-state index contributed by atoms with van der Waals surface area (Å²) >= 11 is 0. The van der Waals surface area contributed by atoms with Gasteiger partial charge in [0.05, 0.1) is 18.4 Å². The van der Waals surface area contributed by atoms with Gasteiger partial charge < -0.3 is 14.2 Å². The van der Waals surface area contributed by atoms with Crippen molar-refractivity contribution in [2.24, 2.45) is 0 Å². The number of imidazole rings is 1. The highest BCUT2D eigenvalue weighted by atomic mass is 16.5. The second kappa shape index (κ2) is 5.28. The molecule has 0 saturated heterocycles. The number of ether oxygens (including phenoxy) is 1. The third kappa shape index (κ3) is 2.72. The van der Waals surface area contributed by atoms with Gasteiger partial charge in [0, 0.05) is 18.8 Å². The number of pyridine rings is 1. The molecule has 0 bridgehead atoms. The zero-order valence-corrected chi connectivity index (χ0v) is 11.5. The van der Waals surface area contributed by atoms with Crippen molar-refractivity contribution in [2.45, 2.75) is 6.42 Å². The zero-order valence-electron chi connectivity index (χ0n) is 11.5. The summed E-state index contributed by atoms with van der Waals surface area (Å²) in [7, 11) is 1.64. The number of fused-ring (bicyclic) bond motifs is 1. The summed E-state index contributed by atoms with van der Waals surface area (Å²) in [6.45, 7) is 0. The van der Waals surface area contributed by atoms with Crippen LogP contribution in [0.4, 0.5) is 0 Å². The van der Waals surface area contributed by atoms with Gasteiger partial charge in [0.1, 0.15) is 11.4 Å². The number of carboxylic acids is 1. The van der Waals surface area contributed by atoms with Crippen LogP contribution in [0.5, 0.6) is 5.75 Å². The van der Waals surface area contributed by atoms with Gasteiger partial charge in [-0.15, -0.1) is 0 Å². The number of carbonyl (C=O) groups is 1. The number of hydrogen-bond acceptors (Lipinski definition) is 3. The molecule has 5 heteroatoms. The SMILES string of the molecule is COc1cccc(Cc2cn3cc(C(=O)O)ccc3n2)c1. The van der Waals surface area contributed by atoms with E-state index in [9.17, 15) is 4.79 Å². The molecular weight excluding hydrogens is 268 g/mol. The molecule has 5 nitrogen and oxygen atoms in total. The zero-order chi connectivity index (χ0) is 14.8. The van der Waals surface area contributed by atoms with E-state index >= 15 is 0 Å². The molecule has 0 spiro atoms. The first kappa shape index (κ1) is 13.2. The number of aromatic nitrogens is 2. The minimum atomic E-state index is -0.944. The van der Waals surface area contributed by atoms with Gasteiger partial charge in [0.15, 0.2) is 0 Å². The lowest BCUT2D eigenvalue weighted by molar-refractivity contribution is 0.0696. The average Bonchev–Trinajstić information content (AvgIpc) is 2.88.